The Morgan fingerprint density at radius 3 is 2.58 bits per heavy atom. The molecule has 4 nitrogen and oxygen atoms in total. The summed E-state index contributed by atoms with van der Waals surface area (Å²) in [6, 6.07) is 0. The molecule has 1 aliphatic rings. The summed E-state index contributed by atoms with van der Waals surface area (Å²) < 4.78 is 23.8. The molecule has 0 aliphatic carbocycles. The smallest absolute Gasteiger partial charge is 0.284 e. The second-order valence-corrected chi connectivity index (χ2v) is 3.55. The zero-order valence-corrected chi connectivity index (χ0v) is 8.05. The highest BCUT2D eigenvalue weighted by Gasteiger charge is 2.22. The molecule has 72 valence electrons. The van der Waals surface area contributed by atoms with E-state index < -0.39 is 11.4 Å². The monoisotopic (exact) mass is 193 g/mol. The molecule has 1 N–H and O–H groups in total. The molecule has 0 amide bonds. The molecule has 12 heavy (non-hydrogen) atoms. The van der Waals surface area contributed by atoms with Crippen molar-refractivity contribution in [3.05, 3.63) is 0 Å². The van der Waals surface area contributed by atoms with Gasteiger partial charge < -0.3 is 0 Å². The van der Waals surface area contributed by atoms with Crippen LogP contribution in [0.1, 0.15) is 26.2 Å². The van der Waals surface area contributed by atoms with Crippen LogP contribution in [-0.2, 0) is 15.5 Å². The maximum absolute atomic E-state index is 10.4. The van der Waals surface area contributed by atoms with E-state index in [1.807, 2.05) is 6.92 Å². The summed E-state index contributed by atoms with van der Waals surface area (Å²) in [4.78, 5) is 2.11. The van der Waals surface area contributed by atoms with Gasteiger partial charge in [0.1, 0.15) is 6.23 Å². The van der Waals surface area contributed by atoms with E-state index in [9.17, 15) is 4.21 Å². The Morgan fingerprint density at radius 2 is 2.17 bits per heavy atom. The van der Waals surface area contributed by atoms with Gasteiger partial charge in [-0.1, -0.05) is 6.92 Å². The second-order valence-electron chi connectivity index (χ2n) is 2.92. The average molecular weight is 193 g/mol. The van der Waals surface area contributed by atoms with Crippen molar-refractivity contribution >= 4 is 11.4 Å². The first-order valence-electron chi connectivity index (χ1n) is 4.26. The van der Waals surface area contributed by atoms with Crippen LogP contribution < -0.4 is 0 Å². The predicted molar refractivity (Wildman–Crippen MR) is 46.7 cm³/mol. The van der Waals surface area contributed by atoms with Gasteiger partial charge in [0.2, 0.25) is 0 Å². The molecule has 2 unspecified atom stereocenters. The van der Waals surface area contributed by atoms with Gasteiger partial charge >= 0.3 is 11.4 Å². The van der Waals surface area contributed by atoms with Crippen LogP contribution in [0.25, 0.3) is 0 Å². The molecule has 0 radical (unpaired) electrons. The lowest BCUT2D eigenvalue weighted by atomic mass is 10.4. The molecule has 0 saturated carbocycles. The van der Waals surface area contributed by atoms with Gasteiger partial charge in [0, 0.05) is 13.1 Å². The number of rotatable bonds is 4. The summed E-state index contributed by atoms with van der Waals surface area (Å²) in [6.45, 7) is 3.92. The van der Waals surface area contributed by atoms with E-state index >= 15 is 0 Å². The first-order chi connectivity index (χ1) is 5.74. The summed E-state index contributed by atoms with van der Waals surface area (Å²) >= 11 is -2.13. The summed E-state index contributed by atoms with van der Waals surface area (Å²) in [5, 5.41) is 0. The molecule has 0 aromatic carbocycles. The van der Waals surface area contributed by atoms with Crippen molar-refractivity contribution in [2.24, 2.45) is 0 Å². The highest BCUT2D eigenvalue weighted by Crippen LogP contribution is 2.15. The molecule has 1 fully saturated rings. The molecular weight excluding hydrogens is 178 g/mol. The molecule has 2 atom stereocenters. The SMILES string of the molecule is CCC(OS(=O)O)N1CCCC1. The Bertz CT molecular complexity index is 159. The van der Waals surface area contributed by atoms with Crippen molar-refractivity contribution in [3.63, 3.8) is 0 Å². The minimum Gasteiger partial charge on any atom is -0.284 e. The third-order valence-electron chi connectivity index (χ3n) is 2.09. The van der Waals surface area contributed by atoms with Crippen LogP contribution in [-0.4, -0.2) is 33.0 Å². The number of hydrogen-bond donors (Lipinski definition) is 1. The van der Waals surface area contributed by atoms with Crippen LogP contribution in [0.2, 0.25) is 0 Å². The zero-order valence-electron chi connectivity index (χ0n) is 7.23. The van der Waals surface area contributed by atoms with E-state index in [0.29, 0.717) is 0 Å². The molecule has 0 aromatic rings. The van der Waals surface area contributed by atoms with Gasteiger partial charge in [-0.15, -0.1) is 0 Å². The largest absolute Gasteiger partial charge is 0.303 e. The van der Waals surface area contributed by atoms with E-state index in [0.717, 1.165) is 32.4 Å². The minimum atomic E-state index is -2.13. The van der Waals surface area contributed by atoms with Gasteiger partial charge in [-0.25, -0.2) is 4.18 Å². The van der Waals surface area contributed by atoms with E-state index in [2.05, 4.69) is 4.90 Å². The van der Waals surface area contributed by atoms with Gasteiger partial charge in [-0.3, -0.25) is 9.45 Å². The maximum Gasteiger partial charge on any atom is 0.303 e. The fourth-order valence-electron chi connectivity index (χ4n) is 1.51. The van der Waals surface area contributed by atoms with Crippen molar-refractivity contribution < 1.29 is 12.9 Å². The molecule has 1 rings (SSSR count). The zero-order chi connectivity index (χ0) is 8.97. The van der Waals surface area contributed by atoms with Crippen LogP contribution in [0.5, 0.6) is 0 Å². The van der Waals surface area contributed by atoms with Crippen LogP contribution in [0, 0.1) is 0 Å². The minimum absolute atomic E-state index is 0.182. The Balaban J connectivity index is 2.37. The predicted octanol–water partition coefficient (Wildman–Crippen LogP) is 0.972. The van der Waals surface area contributed by atoms with Crippen LogP contribution in [0.4, 0.5) is 0 Å². The van der Waals surface area contributed by atoms with Gasteiger partial charge in [-0.2, -0.15) is 4.21 Å². The molecule has 0 bridgehead atoms. The highest BCUT2D eigenvalue weighted by atomic mass is 32.2. The molecular formula is C7H15NO3S. The van der Waals surface area contributed by atoms with Gasteiger partial charge in [0.15, 0.2) is 0 Å². The quantitative estimate of drug-likeness (QED) is 0.676. The fourth-order valence-corrected chi connectivity index (χ4v) is 1.96. The third-order valence-corrected chi connectivity index (χ3v) is 2.48. The lowest BCUT2D eigenvalue weighted by molar-refractivity contribution is 0.0445. The normalized spacial score (nSPS) is 24.2. The second kappa shape index (κ2) is 4.91. The van der Waals surface area contributed by atoms with Crippen LogP contribution >= 0.6 is 0 Å². The summed E-state index contributed by atoms with van der Waals surface area (Å²) in [6.07, 6.45) is 2.90. The first-order valence-corrected chi connectivity index (χ1v) is 5.29. The van der Waals surface area contributed by atoms with Gasteiger partial charge in [0.25, 0.3) is 0 Å². The van der Waals surface area contributed by atoms with Crippen molar-refractivity contribution in [1.82, 2.24) is 4.90 Å². The van der Waals surface area contributed by atoms with E-state index in [1.54, 1.807) is 0 Å². The number of hydrogen-bond acceptors (Lipinski definition) is 3. The topological polar surface area (TPSA) is 49.8 Å². The lowest BCUT2D eigenvalue weighted by Crippen LogP contribution is -2.34. The number of nitrogens with zero attached hydrogens (tertiary/aromatic N) is 1. The first kappa shape index (κ1) is 10.1. The van der Waals surface area contributed by atoms with E-state index in [-0.39, 0.29) is 6.23 Å². The Labute approximate surface area is 75.4 Å². The Morgan fingerprint density at radius 1 is 1.58 bits per heavy atom. The standard InChI is InChI=1S/C7H15NO3S/c1-2-7(11-12(9)10)8-5-3-4-6-8/h7H,2-6H2,1H3,(H,9,10). The van der Waals surface area contributed by atoms with Crippen LogP contribution in [0.15, 0.2) is 0 Å². The van der Waals surface area contributed by atoms with Gasteiger partial charge in [0.05, 0.1) is 0 Å². The highest BCUT2D eigenvalue weighted by molar-refractivity contribution is 7.74. The molecule has 1 aliphatic heterocycles. The summed E-state index contributed by atoms with van der Waals surface area (Å²) in [5.74, 6) is 0. The Hall–Kier alpha value is 0.0300. The summed E-state index contributed by atoms with van der Waals surface area (Å²) in [5.41, 5.74) is 0. The van der Waals surface area contributed by atoms with E-state index in [1.165, 1.54) is 0 Å². The molecule has 0 spiro atoms. The van der Waals surface area contributed by atoms with Crippen molar-refractivity contribution in [2.45, 2.75) is 32.4 Å². The number of likely N-dealkylation sites (tertiary alicyclic amines) is 1. The van der Waals surface area contributed by atoms with Crippen molar-refractivity contribution in [1.29, 1.82) is 0 Å². The van der Waals surface area contributed by atoms with Crippen molar-refractivity contribution in [2.75, 3.05) is 13.1 Å². The molecule has 1 saturated heterocycles. The summed E-state index contributed by atoms with van der Waals surface area (Å²) in [7, 11) is 0. The van der Waals surface area contributed by atoms with Crippen molar-refractivity contribution in [3.8, 4) is 0 Å². The molecule has 0 aromatic heterocycles. The van der Waals surface area contributed by atoms with Gasteiger partial charge in [-0.05, 0) is 19.3 Å². The molecule has 5 heteroatoms. The van der Waals surface area contributed by atoms with Crippen LogP contribution in [0.3, 0.4) is 0 Å². The Kier molecular flexibility index (Phi) is 4.14. The molecule has 1 heterocycles. The maximum atomic E-state index is 10.4. The van der Waals surface area contributed by atoms with E-state index in [4.69, 9.17) is 8.74 Å². The fraction of sp³-hybridized carbons (Fsp3) is 1.00. The average Bonchev–Trinajstić information content (AvgIpc) is 2.51. The third kappa shape index (κ3) is 2.82. The lowest BCUT2D eigenvalue weighted by Gasteiger charge is -2.23.